The van der Waals surface area contributed by atoms with Gasteiger partial charge in [0, 0.05) is 48.5 Å². The SMILES string of the molecule is c1ccc(-c2c3ccccc3c(-c3cc(-c4ccc5oc6c7ccccc7ccc6c5c4)c4ccccc4c3)c3ccccc23)cc1.c1ccc2c(-c3c4ccccc4c(-c4ccc5oc6c7ccccc7ccc6c5c4)c4ccccc34)cccc2c1.c1ccc2cc(-c3c4ccccc4c(-c4cc(-c5ccc6oc7c8ccccc8ccc7c6c5)c5ccccc5c4)c4ccccc34)ccc2c1. The Morgan fingerprint density at radius 1 is 0.101 bits per heavy atom. The molecule has 0 bridgehead atoms. The second-order valence-electron chi connectivity index (χ2n) is 36.9. The lowest BCUT2D eigenvalue weighted by Gasteiger charge is -2.19. The Bertz CT molecular complexity index is 10200. The summed E-state index contributed by atoms with van der Waals surface area (Å²) in [5.74, 6) is 0. The lowest BCUT2D eigenvalue weighted by Crippen LogP contribution is -1.92. The standard InChI is InChI=1S/C50H30O.C46H28O.C40H24O/c1-2-13-33-27-36(22-21-31(33)11-1)48-40-17-7-9-19-42(40)49(43-20-10-8-18-41(43)48)37-28-34-14-4-5-15-38(34)45(30-37)35-24-26-47-46(29-35)44-25-23-32-12-3-6-16-39(32)50(44)51-47;1-2-13-30(14-3-1)44-36-18-8-10-20-38(36)45(39-21-11-9-19-37(39)44)33-26-31-15-5-6-16-34(31)41(28-33)32-23-25-43-42(27-32)40-24-22-29-12-4-7-17-35(29)46(40)47-43;1-3-13-28-25(10-1)12-9-19-30(28)39-33-17-7-5-15-31(33)38(32-16-6-8-18-34(32)39)27-21-23-37-36(24-27)35-22-20-26-11-2-4-14-29(26)40(35)41-37/h1-30H;1-28H;1-24H. The minimum Gasteiger partial charge on any atom is -0.455 e. The number of hydrogen-bond acceptors (Lipinski definition) is 3. The van der Waals surface area contributed by atoms with Crippen LogP contribution in [0, 0.1) is 0 Å². The van der Waals surface area contributed by atoms with Crippen molar-refractivity contribution < 1.29 is 13.3 Å². The van der Waals surface area contributed by atoms with E-state index in [1.165, 1.54) is 213 Å². The van der Waals surface area contributed by atoms with Crippen molar-refractivity contribution in [1.82, 2.24) is 0 Å². The molecule has 3 heterocycles. The first-order valence-corrected chi connectivity index (χ1v) is 47.9. The maximum absolute atomic E-state index is 6.50. The third-order valence-electron chi connectivity index (χ3n) is 29.2. The van der Waals surface area contributed by atoms with E-state index in [4.69, 9.17) is 13.3 Å². The second-order valence-corrected chi connectivity index (χ2v) is 36.9. The molecule has 30 aromatic rings. The molecule has 30 rings (SSSR count). The summed E-state index contributed by atoms with van der Waals surface area (Å²) in [6, 6.07) is 181. The van der Waals surface area contributed by atoms with Gasteiger partial charge in [-0.25, -0.2) is 0 Å². The quantitative estimate of drug-likeness (QED) is 0.142. The predicted octanol–water partition coefficient (Wildman–Crippen LogP) is 39.1. The lowest BCUT2D eigenvalue weighted by molar-refractivity contribution is 0.672. The van der Waals surface area contributed by atoms with Crippen molar-refractivity contribution in [2.75, 3.05) is 0 Å². The van der Waals surface area contributed by atoms with Gasteiger partial charge in [-0.2, -0.15) is 0 Å². The molecule has 0 atom stereocenters. The van der Waals surface area contributed by atoms with Crippen molar-refractivity contribution in [3.05, 3.63) is 497 Å². The first-order valence-electron chi connectivity index (χ1n) is 47.9. The monoisotopic (exact) mass is 1760 g/mol. The van der Waals surface area contributed by atoms with Gasteiger partial charge in [0.15, 0.2) is 0 Å². The van der Waals surface area contributed by atoms with Crippen molar-refractivity contribution in [2.45, 2.75) is 0 Å². The molecule has 27 aromatic carbocycles. The van der Waals surface area contributed by atoms with Gasteiger partial charge < -0.3 is 13.3 Å². The van der Waals surface area contributed by atoms with E-state index in [0.29, 0.717) is 0 Å². The largest absolute Gasteiger partial charge is 0.455 e. The molecule has 3 aromatic heterocycles. The third-order valence-corrected chi connectivity index (χ3v) is 29.2. The maximum atomic E-state index is 6.50. The molecule has 0 aliphatic carbocycles. The van der Waals surface area contributed by atoms with Gasteiger partial charge >= 0.3 is 0 Å². The van der Waals surface area contributed by atoms with Crippen LogP contribution in [-0.4, -0.2) is 0 Å². The molecule has 0 N–H and O–H groups in total. The van der Waals surface area contributed by atoms with Crippen molar-refractivity contribution in [2.24, 2.45) is 0 Å². The molecule has 0 fully saturated rings. The Hall–Kier alpha value is -18.3. The first-order chi connectivity index (χ1) is 68.9. The Kier molecular flexibility index (Phi) is 18.4. The molecule has 0 unspecified atom stereocenters. The van der Waals surface area contributed by atoms with Gasteiger partial charge in [-0.1, -0.05) is 413 Å². The minimum absolute atomic E-state index is 0.909. The minimum atomic E-state index is 0.909. The van der Waals surface area contributed by atoms with Crippen LogP contribution >= 0.6 is 0 Å². The Labute approximate surface area is 799 Å². The number of hydrogen-bond donors (Lipinski definition) is 0. The van der Waals surface area contributed by atoms with E-state index < -0.39 is 0 Å². The highest BCUT2D eigenvalue weighted by molar-refractivity contribution is 6.29. The summed E-state index contributed by atoms with van der Waals surface area (Å²) >= 11 is 0. The van der Waals surface area contributed by atoms with E-state index in [1.54, 1.807) is 0 Å². The lowest BCUT2D eigenvalue weighted by atomic mass is 9.84. The fraction of sp³-hybridized carbons (Fsp3) is 0. The molecule has 0 amide bonds. The molecule has 0 aliphatic rings. The van der Waals surface area contributed by atoms with Gasteiger partial charge in [-0.3, -0.25) is 0 Å². The molecule has 0 aliphatic heterocycles. The van der Waals surface area contributed by atoms with Crippen LogP contribution in [0.15, 0.2) is 511 Å². The Morgan fingerprint density at radius 2 is 0.345 bits per heavy atom. The fourth-order valence-electron chi connectivity index (χ4n) is 23.0. The predicted molar refractivity (Wildman–Crippen MR) is 592 cm³/mol. The molecule has 0 radical (unpaired) electrons. The average Bonchev–Trinajstić information content (AvgIpc) is 1.02. The summed E-state index contributed by atoms with van der Waals surface area (Å²) in [6.07, 6.45) is 0. The Balaban J connectivity index is 0.000000103. The normalized spacial score (nSPS) is 11.9. The van der Waals surface area contributed by atoms with E-state index in [0.717, 1.165) is 82.0 Å². The summed E-state index contributed by atoms with van der Waals surface area (Å²) < 4.78 is 19.4. The number of furan rings is 3. The topological polar surface area (TPSA) is 39.4 Å². The van der Waals surface area contributed by atoms with Crippen molar-refractivity contribution >= 4 is 206 Å². The smallest absolute Gasteiger partial charge is 0.143 e. The van der Waals surface area contributed by atoms with Gasteiger partial charge in [0.25, 0.3) is 0 Å². The van der Waals surface area contributed by atoms with Crippen LogP contribution in [0.5, 0.6) is 0 Å². The number of rotatable bonds is 8. The summed E-state index contributed by atoms with van der Waals surface area (Å²) in [7, 11) is 0. The summed E-state index contributed by atoms with van der Waals surface area (Å²) in [6.45, 7) is 0. The van der Waals surface area contributed by atoms with Gasteiger partial charge in [-0.05, 0) is 298 Å². The van der Waals surface area contributed by atoms with Crippen LogP contribution in [0.3, 0.4) is 0 Å². The number of fused-ring (bicyclic) bond motifs is 25. The molecule has 3 nitrogen and oxygen atoms in total. The van der Waals surface area contributed by atoms with E-state index in [1.807, 2.05) is 0 Å². The van der Waals surface area contributed by atoms with Crippen LogP contribution in [0.4, 0.5) is 0 Å². The first kappa shape index (κ1) is 79.3. The summed E-state index contributed by atoms with van der Waals surface area (Å²) in [5.41, 5.74) is 25.4. The van der Waals surface area contributed by atoms with Crippen LogP contribution in [0.2, 0.25) is 0 Å². The Morgan fingerprint density at radius 3 is 0.727 bits per heavy atom. The van der Waals surface area contributed by atoms with Gasteiger partial charge in [-0.15, -0.1) is 0 Å². The van der Waals surface area contributed by atoms with Crippen LogP contribution in [-0.2, 0) is 0 Å². The van der Waals surface area contributed by atoms with E-state index in [-0.39, 0.29) is 0 Å². The maximum Gasteiger partial charge on any atom is 0.143 e. The van der Waals surface area contributed by atoms with E-state index in [2.05, 4.69) is 497 Å². The second kappa shape index (κ2) is 32.3. The molecular weight excluding hydrogens is 1680 g/mol. The highest BCUT2D eigenvalue weighted by Gasteiger charge is 2.26. The zero-order chi connectivity index (χ0) is 91.3. The zero-order valence-corrected chi connectivity index (χ0v) is 75.6. The molecule has 0 saturated carbocycles. The fourth-order valence-corrected chi connectivity index (χ4v) is 23.0. The van der Waals surface area contributed by atoms with Crippen LogP contribution in [0.1, 0.15) is 0 Å². The summed E-state index contributed by atoms with van der Waals surface area (Å²) in [5, 5.41) is 39.0. The van der Waals surface area contributed by atoms with Crippen molar-refractivity contribution in [1.29, 1.82) is 0 Å². The molecule has 0 saturated heterocycles. The van der Waals surface area contributed by atoms with Crippen molar-refractivity contribution in [3.8, 4) is 89.0 Å². The van der Waals surface area contributed by atoms with Crippen LogP contribution in [0.25, 0.3) is 295 Å². The van der Waals surface area contributed by atoms with E-state index >= 15 is 0 Å². The van der Waals surface area contributed by atoms with E-state index in [9.17, 15) is 0 Å². The zero-order valence-electron chi connectivity index (χ0n) is 75.6. The molecule has 139 heavy (non-hydrogen) atoms. The van der Waals surface area contributed by atoms with Gasteiger partial charge in [0.05, 0.1) is 0 Å². The molecule has 3 heteroatoms. The third kappa shape index (κ3) is 13.0. The van der Waals surface area contributed by atoms with Crippen molar-refractivity contribution in [3.63, 3.8) is 0 Å². The highest BCUT2D eigenvalue weighted by atomic mass is 16.3. The molecule has 0 spiro atoms. The molecule has 644 valence electrons. The van der Waals surface area contributed by atoms with Gasteiger partial charge in [0.2, 0.25) is 0 Å². The van der Waals surface area contributed by atoms with Crippen LogP contribution < -0.4 is 0 Å². The average molecular weight is 1760 g/mol. The highest BCUT2D eigenvalue weighted by Crippen LogP contribution is 2.53. The van der Waals surface area contributed by atoms with Gasteiger partial charge in [0.1, 0.15) is 33.5 Å². The summed E-state index contributed by atoms with van der Waals surface area (Å²) in [4.78, 5) is 0. The number of benzene rings is 27. The molecular formula is C136H82O3.